The van der Waals surface area contributed by atoms with E-state index >= 15 is 0 Å². The Morgan fingerprint density at radius 1 is 1.30 bits per heavy atom. The van der Waals surface area contributed by atoms with Crippen LogP contribution in [0.25, 0.3) is 0 Å². The van der Waals surface area contributed by atoms with Crippen molar-refractivity contribution in [2.24, 2.45) is 0 Å². The molecule has 3 N–H and O–H groups in total. The smallest absolute Gasteiger partial charge is 0.157 e. The highest BCUT2D eigenvalue weighted by molar-refractivity contribution is 4.78. The number of aliphatic hydroxyl groups excluding tert-OH is 3. The van der Waals surface area contributed by atoms with E-state index < -0.39 is 24.6 Å². The molecular weight excluding hydrogens is 136 g/mol. The predicted octanol–water partition coefficient (Wildman–Crippen LogP) is -1.16. The Bertz CT molecular complexity index is 104. The standard InChI is InChI=1S/C6H12O4/c1-3-6(9)4(7)2-5(8)10-3/h3-9H,2H2,1H3/t3-,4?,5+,6-/m0/s1. The molecule has 1 saturated heterocycles. The van der Waals surface area contributed by atoms with E-state index in [9.17, 15) is 0 Å². The summed E-state index contributed by atoms with van der Waals surface area (Å²) in [5.41, 5.74) is 0. The molecule has 0 spiro atoms. The van der Waals surface area contributed by atoms with Crippen molar-refractivity contribution in [1.29, 1.82) is 0 Å². The van der Waals surface area contributed by atoms with Crippen molar-refractivity contribution in [1.82, 2.24) is 0 Å². The highest BCUT2D eigenvalue weighted by atomic mass is 16.6. The largest absolute Gasteiger partial charge is 0.390 e. The van der Waals surface area contributed by atoms with Crippen molar-refractivity contribution >= 4 is 0 Å². The minimum Gasteiger partial charge on any atom is -0.390 e. The van der Waals surface area contributed by atoms with Crippen LogP contribution in [-0.4, -0.2) is 39.9 Å². The van der Waals surface area contributed by atoms with Crippen LogP contribution in [0.1, 0.15) is 13.3 Å². The van der Waals surface area contributed by atoms with Gasteiger partial charge >= 0.3 is 0 Å². The summed E-state index contributed by atoms with van der Waals surface area (Å²) in [5, 5.41) is 27.0. The SMILES string of the molecule is C[C@@H]1O[C@@H](O)CC(O)[C@H]1O. The second kappa shape index (κ2) is 2.84. The molecule has 1 fully saturated rings. The molecule has 1 heterocycles. The van der Waals surface area contributed by atoms with E-state index in [1.165, 1.54) is 0 Å². The van der Waals surface area contributed by atoms with Crippen LogP contribution in [0, 0.1) is 0 Å². The van der Waals surface area contributed by atoms with Gasteiger partial charge in [-0.3, -0.25) is 0 Å². The lowest BCUT2D eigenvalue weighted by molar-refractivity contribution is -0.226. The average molecular weight is 148 g/mol. The van der Waals surface area contributed by atoms with E-state index in [1.54, 1.807) is 6.92 Å². The molecule has 0 amide bonds. The molecule has 0 saturated carbocycles. The molecule has 4 atom stereocenters. The van der Waals surface area contributed by atoms with Gasteiger partial charge in [0.05, 0.1) is 12.2 Å². The van der Waals surface area contributed by atoms with Crippen molar-refractivity contribution in [3.8, 4) is 0 Å². The maximum absolute atomic E-state index is 9.08. The molecule has 0 aliphatic carbocycles. The Balaban J connectivity index is 2.49. The van der Waals surface area contributed by atoms with Gasteiger partial charge in [-0.05, 0) is 6.92 Å². The van der Waals surface area contributed by atoms with Crippen LogP contribution in [0.2, 0.25) is 0 Å². The van der Waals surface area contributed by atoms with Crippen LogP contribution in [0.15, 0.2) is 0 Å². The molecule has 0 aromatic heterocycles. The van der Waals surface area contributed by atoms with Gasteiger partial charge in [0.2, 0.25) is 0 Å². The molecule has 1 rings (SSSR count). The molecule has 60 valence electrons. The fourth-order valence-corrected chi connectivity index (χ4v) is 1.04. The first kappa shape index (κ1) is 7.94. The third-order valence-electron chi connectivity index (χ3n) is 1.69. The molecular formula is C6H12O4. The summed E-state index contributed by atoms with van der Waals surface area (Å²) in [6, 6.07) is 0. The zero-order chi connectivity index (χ0) is 7.72. The minimum atomic E-state index is -0.937. The Labute approximate surface area is 59.1 Å². The first-order valence-electron chi connectivity index (χ1n) is 3.31. The number of aliphatic hydroxyl groups is 3. The van der Waals surface area contributed by atoms with Gasteiger partial charge in [-0.1, -0.05) is 0 Å². The summed E-state index contributed by atoms with van der Waals surface area (Å²) in [6.07, 6.45) is -3.07. The van der Waals surface area contributed by atoms with Gasteiger partial charge in [0.25, 0.3) is 0 Å². The maximum Gasteiger partial charge on any atom is 0.157 e. The minimum absolute atomic E-state index is 0.0888. The zero-order valence-electron chi connectivity index (χ0n) is 5.77. The topological polar surface area (TPSA) is 69.9 Å². The fourth-order valence-electron chi connectivity index (χ4n) is 1.04. The van der Waals surface area contributed by atoms with Crippen molar-refractivity contribution < 1.29 is 20.1 Å². The second-order valence-corrected chi connectivity index (χ2v) is 2.59. The molecule has 10 heavy (non-hydrogen) atoms. The van der Waals surface area contributed by atoms with Crippen LogP contribution in [-0.2, 0) is 4.74 Å². The number of hydrogen-bond donors (Lipinski definition) is 3. The van der Waals surface area contributed by atoms with Gasteiger partial charge in [-0.2, -0.15) is 0 Å². The first-order chi connectivity index (χ1) is 4.61. The predicted molar refractivity (Wildman–Crippen MR) is 33.2 cm³/mol. The molecule has 1 unspecified atom stereocenters. The normalized spacial score (nSPS) is 49.2. The van der Waals surface area contributed by atoms with E-state index in [0.717, 1.165) is 0 Å². The zero-order valence-corrected chi connectivity index (χ0v) is 5.77. The van der Waals surface area contributed by atoms with Gasteiger partial charge in [0.1, 0.15) is 6.10 Å². The quantitative estimate of drug-likeness (QED) is 0.405. The Kier molecular flexibility index (Phi) is 2.25. The van der Waals surface area contributed by atoms with Crippen molar-refractivity contribution in [2.75, 3.05) is 0 Å². The molecule has 1 aliphatic rings. The van der Waals surface area contributed by atoms with E-state index in [4.69, 9.17) is 20.1 Å². The van der Waals surface area contributed by atoms with E-state index in [-0.39, 0.29) is 6.42 Å². The number of rotatable bonds is 0. The van der Waals surface area contributed by atoms with E-state index in [2.05, 4.69) is 0 Å². The lowest BCUT2D eigenvalue weighted by Gasteiger charge is -2.32. The summed E-state index contributed by atoms with van der Waals surface area (Å²) >= 11 is 0. The van der Waals surface area contributed by atoms with Crippen LogP contribution in [0.5, 0.6) is 0 Å². The Morgan fingerprint density at radius 2 is 1.90 bits per heavy atom. The summed E-state index contributed by atoms with van der Waals surface area (Å²) in [6.45, 7) is 1.61. The van der Waals surface area contributed by atoms with E-state index in [1.807, 2.05) is 0 Å². The molecule has 4 heteroatoms. The van der Waals surface area contributed by atoms with E-state index in [0.29, 0.717) is 0 Å². The Morgan fingerprint density at radius 3 is 2.40 bits per heavy atom. The Hall–Kier alpha value is -0.160. The van der Waals surface area contributed by atoms with Gasteiger partial charge < -0.3 is 20.1 Å². The molecule has 0 aromatic carbocycles. The van der Waals surface area contributed by atoms with Crippen LogP contribution in [0.3, 0.4) is 0 Å². The molecule has 4 nitrogen and oxygen atoms in total. The van der Waals surface area contributed by atoms with Crippen LogP contribution < -0.4 is 0 Å². The van der Waals surface area contributed by atoms with Gasteiger partial charge in [0, 0.05) is 6.42 Å². The summed E-state index contributed by atoms with van der Waals surface area (Å²) in [7, 11) is 0. The molecule has 0 radical (unpaired) electrons. The van der Waals surface area contributed by atoms with Crippen molar-refractivity contribution in [2.45, 2.75) is 37.9 Å². The average Bonchev–Trinajstić information content (AvgIpc) is 1.82. The fraction of sp³-hybridized carbons (Fsp3) is 1.00. The second-order valence-electron chi connectivity index (χ2n) is 2.59. The third kappa shape index (κ3) is 1.46. The van der Waals surface area contributed by atoms with Crippen LogP contribution in [0.4, 0.5) is 0 Å². The van der Waals surface area contributed by atoms with Crippen molar-refractivity contribution in [3.63, 3.8) is 0 Å². The number of hydrogen-bond acceptors (Lipinski definition) is 4. The third-order valence-corrected chi connectivity index (χ3v) is 1.69. The summed E-state index contributed by atoms with van der Waals surface area (Å²) in [4.78, 5) is 0. The lowest BCUT2D eigenvalue weighted by Crippen LogP contribution is -2.46. The van der Waals surface area contributed by atoms with Crippen LogP contribution >= 0.6 is 0 Å². The summed E-state index contributed by atoms with van der Waals surface area (Å²) < 4.78 is 4.81. The molecule has 1 aliphatic heterocycles. The summed E-state index contributed by atoms with van der Waals surface area (Å²) in [5.74, 6) is 0. The maximum atomic E-state index is 9.08. The van der Waals surface area contributed by atoms with Gasteiger partial charge in [-0.25, -0.2) is 0 Å². The van der Waals surface area contributed by atoms with Crippen molar-refractivity contribution in [3.05, 3.63) is 0 Å². The molecule has 0 aromatic rings. The molecule has 0 bridgehead atoms. The first-order valence-corrected chi connectivity index (χ1v) is 3.31. The van der Waals surface area contributed by atoms with Gasteiger partial charge in [-0.15, -0.1) is 0 Å². The lowest BCUT2D eigenvalue weighted by atomic mass is 10.0. The highest BCUT2D eigenvalue weighted by Gasteiger charge is 2.32. The van der Waals surface area contributed by atoms with Gasteiger partial charge in [0.15, 0.2) is 6.29 Å². The monoisotopic (exact) mass is 148 g/mol. The highest BCUT2D eigenvalue weighted by Crippen LogP contribution is 2.17. The number of ether oxygens (including phenoxy) is 1.